The number of halogens is 3. The van der Waals surface area contributed by atoms with Gasteiger partial charge in [-0.3, -0.25) is 9.59 Å². The second-order valence-corrected chi connectivity index (χ2v) is 8.23. The van der Waals surface area contributed by atoms with Crippen molar-refractivity contribution in [3.63, 3.8) is 0 Å². The number of carbonyl (C=O) groups is 3. The van der Waals surface area contributed by atoms with Crippen molar-refractivity contribution in [2.24, 2.45) is 5.92 Å². The van der Waals surface area contributed by atoms with Crippen LogP contribution >= 0.6 is 11.6 Å². The molecule has 0 radical (unpaired) electrons. The van der Waals surface area contributed by atoms with E-state index < -0.39 is 23.6 Å². The minimum Gasteiger partial charge on any atom is -0.351 e. The second-order valence-electron chi connectivity index (χ2n) is 7.82. The number of nitrogens with zero attached hydrogens (tertiary/aromatic N) is 1. The van der Waals surface area contributed by atoms with Gasteiger partial charge in [0.05, 0.1) is 10.6 Å². The lowest BCUT2D eigenvalue weighted by atomic mass is 9.97. The molecule has 1 fully saturated rings. The summed E-state index contributed by atoms with van der Waals surface area (Å²) in [7, 11) is 0. The highest BCUT2D eigenvalue weighted by molar-refractivity contribution is 6.33. The first kappa shape index (κ1) is 24.4. The van der Waals surface area contributed by atoms with Crippen LogP contribution in [0.15, 0.2) is 42.5 Å². The van der Waals surface area contributed by atoms with Gasteiger partial charge in [0.15, 0.2) is 0 Å². The molecular weight excluding hydrogens is 454 g/mol. The molecule has 2 aromatic rings. The average molecular weight is 479 g/mol. The lowest BCUT2D eigenvalue weighted by molar-refractivity contribution is -0.132. The Kier molecular flexibility index (Phi) is 8.59. The zero-order valence-corrected chi connectivity index (χ0v) is 18.6. The lowest BCUT2D eigenvalue weighted by Gasteiger charge is -2.33. The maximum absolute atomic E-state index is 13.2. The normalized spacial score (nSPS) is 15.6. The molecule has 0 saturated carbocycles. The second kappa shape index (κ2) is 11.6. The van der Waals surface area contributed by atoms with Gasteiger partial charge in [0, 0.05) is 38.3 Å². The topological polar surface area (TPSA) is 90.5 Å². The van der Waals surface area contributed by atoms with Crippen LogP contribution in [0.5, 0.6) is 0 Å². The van der Waals surface area contributed by atoms with Crippen LogP contribution in [0.1, 0.15) is 29.6 Å². The number of amides is 4. The third-order valence-electron chi connectivity index (χ3n) is 5.31. The van der Waals surface area contributed by atoms with E-state index in [9.17, 15) is 23.2 Å². The van der Waals surface area contributed by atoms with Gasteiger partial charge in [0.25, 0.3) is 5.91 Å². The van der Waals surface area contributed by atoms with Crippen LogP contribution in [-0.2, 0) is 4.79 Å². The summed E-state index contributed by atoms with van der Waals surface area (Å²) >= 11 is 5.88. The van der Waals surface area contributed by atoms with Crippen molar-refractivity contribution in [2.75, 3.05) is 31.5 Å². The molecule has 33 heavy (non-hydrogen) atoms. The number of benzene rings is 2. The molecule has 0 bridgehead atoms. The van der Waals surface area contributed by atoms with Crippen molar-refractivity contribution in [1.82, 2.24) is 15.5 Å². The van der Waals surface area contributed by atoms with E-state index in [1.54, 1.807) is 11.0 Å². The molecule has 10 heteroatoms. The maximum Gasteiger partial charge on any atom is 0.319 e. The molecule has 0 aromatic heterocycles. The molecular formula is C23H25ClF2N4O3. The molecule has 1 atom stereocenters. The van der Waals surface area contributed by atoms with Crippen LogP contribution in [0.3, 0.4) is 0 Å². The number of likely N-dealkylation sites (tertiary alicyclic amines) is 1. The van der Waals surface area contributed by atoms with Gasteiger partial charge in [-0.05, 0) is 55.2 Å². The fourth-order valence-electron chi connectivity index (χ4n) is 3.65. The third-order valence-corrected chi connectivity index (χ3v) is 5.62. The van der Waals surface area contributed by atoms with Crippen molar-refractivity contribution in [3.8, 4) is 0 Å². The number of hydrogen-bond donors (Lipinski definition) is 3. The Morgan fingerprint density at radius 2 is 1.85 bits per heavy atom. The van der Waals surface area contributed by atoms with E-state index in [1.807, 2.05) is 0 Å². The number of anilines is 1. The van der Waals surface area contributed by atoms with Crippen molar-refractivity contribution in [2.45, 2.75) is 19.3 Å². The van der Waals surface area contributed by atoms with Crippen LogP contribution in [-0.4, -0.2) is 48.9 Å². The predicted molar refractivity (Wildman–Crippen MR) is 121 cm³/mol. The summed E-state index contributed by atoms with van der Waals surface area (Å²) in [6, 6.07) is 8.67. The number of rotatable bonds is 7. The van der Waals surface area contributed by atoms with Crippen molar-refractivity contribution < 1.29 is 23.2 Å². The molecule has 1 saturated heterocycles. The van der Waals surface area contributed by atoms with Gasteiger partial charge in [-0.25, -0.2) is 13.6 Å². The highest BCUT2D eigenvalue weighted by Gasteiger charge is 2.24. The van der Waals surface area contributed by atoms with Crippen LogP contribution in [0.2, 0.25) is 5.02 Å². The standard InChI is InChI=1S/C23H25ClF2N4O3/c24-20-12-17(26)6-7-19(20)22(32)27-9-8-21(31)30-10-2-3-15(14-30)13-28-23(33)29-18-5-1-4-16(25)11-18/h1,4-7,11-12,15H,2-3,8-10,13-14H2,(H,27,32)(H2,28,29,33). The highest BCUT2D eigenvalue weighted by Crippen LogP contribution is 2.18. The Labute approximate surface area is 195 Å². The fourth-order valence-corrected chi connectivity index (χ4v) is 3.90. The molecule has 1 unspecified atom stereocenters. The Balaban J connectivity index is 1.39. The minimum atomic E-state index is -0.535. The van der Waals surface area contributed by atoms with Gasteiger partial charge in [-0.15, -0.1) is 0 Å². The number of piperidine rings is 1. The Morgan fingerprint density at radius 1 is 1.06 bits per heavy atom. The van der Waals surface area contributed by atoms with Crippen molar-refractivity contribution in [3.05, 3.63) is 64.7 Å². The zero-order chi connectivity index (χ0) is 23.8. The predicted octanol–water partition coefficient (Wildman–Crippen LogP) is 3.80. The zero-order valence-electron chi connectivity index (χ0n) is 17.9. The largest absolute Gasteiger partial charge is 0.351 e. The fraction of sp³-hybridized carbons (Fsp3) is 0.348. The quantitative estimate of drug-likeness (QED) is 0.565. The summed E-state index contributed by atoms with van der Waals surface area (Å²) < 4.78 is 26.3. The highest BCUT2D eigenvalue weighted by atomic mass is 35.5. The van der Waals surface area contributed by atoms with E-state index in [-0.39, 0.29) is 35.4 Å². The van der Waals surface area contributed by atoms with Crippen molar-refractivity contribution >= 4 is 35.1 Å². The number of urea groups is 1. The Morgan fingerprint density at radius 3 is 2.61 bits per heavy atom. The van der Waals surface area contributed by atoms with E-state index in [0.29, 0.717) is 25.3 Å². The smallest absolute Gasteiger partial charge is 0.319 e. The summed E-state index contributed by atoms with van der Waals surface area (Å²) in [5.41, 5.74) is 0.503. The summed E-state index contributed by atoms with van der Waals surface area (Å²) in [6.45, 7) is 1.62. The maximum atomic E-state index is 13.2. The summed E-state index contributed by atoms with van der Waals surface area (Å²) in [4.78, 5) is 38.5. The van der Waals surface area contributed by atoms with Crippen LogP contribution in [0.4, 0.5) is 19.3 Å². The number of nitrogens with one attached hydrogen (secondary N) is 3. The van der Waals surface area contributed by atoms with E-state index in [0.717, 1.165) is 25.0 Å². The summed E-state index contributed by atoms with van der Waals surface area (Å²) in [5, 5.41) is 7.96. The molecule has 2 aromatic carbocycles. The van der Waals surface area contributed by atoms with Crippen molar-refractivity contribution in [1.29, 1.82) is 0 Å². The van der Waals surface area contributed by atoms with E-state index >= 15 is 0 Å². The van der Waals surface area contributed by atoms with Gasteiger partial charge < -0.3 is 20.9 Å². The molecule has 1 aliphatic rings. The van der Waals surface area contributed by atoms with E-state index in [2.05, 4.69) is 16.0 Å². The SMILES string of the molecule is O=C(NCC1CCCN(C(=O)CCNC(=O)c2ccc(F)cc2Cl)C1)Nc1cccc(F)c1. The van der Waals surface area contributed by atoms with Crippen LogP contribution in [0.25, 0.3) is 0 Å². The van der Waals surface area contributed by atoms with Gasteiger partial charge in [0.1, 0.15) is 11.6 Å². The molecule has 1 heterocycles. The number of hydrogen-bond acceptors (Lipinski definition) is 3. The monoisotopic (exact) mass is 478 g/mol. The first-order valence-electron chi connectivity index (χ1n) is 10.6. The summed E-state index contributed by atoms with van der Waals surface area (Å²) in [5.74, 6) is -1.46. The molecule has 3 N–H and O–H groups in total. The molecule has 4 amide bonds. The van der Waals surface area contributed by atoms with Crippen LogP contribution in [0, 0.1) is 17.6 Å². The van der Waals surface area contributed by atoms with Gasteiger partial charge >= 0.3 is 6.03 Å². The average Bonchev–Trinajstić information content (AvgIpc) is 2.77. The first-order chi connectivity index (χ1) is 15.8. The minimum absolute atomic E-state index is 0.00614. The molecule has 1 aliphatic heterocycles. The molecule has 0 aliphatic carbocycles. The number of carbonyl (C=O) groups excluding carboxylic acids is 3. The van der Waals surface area contributed by atoms with Gasteiger partial charge in [-0.1, -0.05) is 17.7 Å². The van der Waals surface area contributed by atoms with Gasteiger partial charge in [0.2, 0.25) is 5.91 Å². The first-order valence-corrected chi connectivity index (χ1v) is 11.0. The molecule has 7 nitrogen and oxygen atoms in total. The molecule has 3 rings (SSSR count). The van der Waals surface area contributed by atoms with Crippen LogP contribution < -0.4 is 16.0 Å². The summed E-state index contributed by atoms with van der Waals surface area (Å²) in [6.07, 6.45) is 1.79. The Bertz CT molecular complexity index is 1020. The molecule has 0 spiro atoms. The van der Waals surface area contributed by atoms with E-state index in [4.69, 9.17) is 11.6 Å². The third kappa shape index (κ3) is 7.42. The van der Waals surface area contributed by atoms with Gasteiger partial charge in [-0.2, -0.15) is 0 Å². The van der Waals surface area contributed by atoms with E-state index in [1.165, 1.54) is 24.3 Å². The molecule has 176 valence electrons. The lowest BCUT2D eigenvalue weighted by Crippen LogP contribution is -2.45. The Hall–Kier alpha value is -3.20.